The molecule has 2 aliphatic heterocycles. The minimum Gasteiger partial charge on any atom is -0.483 e. The van der Waals surface area contributed by atoms with Gasteiger partial charge < -0.3 is 31.3 Å². The van der Waals surface area contributed by atoms with Crippen LogP contribution in [0.1, 0.15) is 108 Å². The lowest BCUT2D eigenvalue weighted by molar-refractivity contribution is -0.123. The molecule has 1 aromatic heterocycles. The van der Waals surface area contributed by atoms with Crippen LogP contribution in [0.15, 0.2) is 85.2 Å². The quantitative estimate of drug-likeness (QED) is 0.0464. The molecule has 0 saturated carbocycles. The fraction of sp³-hybridized carbons (Fsp3) is 0.400. The summed E-state index contributed by atoms with van der Waals surface area (Å²) >= 11 is 0. The number of carbonyl (C=O) groups excluding carboxylic acids is 4. The smallest absolute Gasteiger partial charge is 0.265 e. The number of aromatic nitrogens is 1. The maximum atomic E-state index is 13.4. The third-order valence-electron chi connectivity index (χ3n) is 10.8. The van der Waals surface area contributed by atoms with Crippen LogP contribution in [-0.2, 0) is 11.3 Å². The van der Waals surface area contributed by atoms with E-state index in [1.165, 1.54) is 17.7 Å². The van der Waals surface area contributed by atoms with Crippen molar-refractivity contribution in [3.8, 4) is 5.75 Å². The molecule has 1 saturated heterocycles. The van der Waals surface area contributed by atoms with Crippen LogP contribution in [-0.4, -0.2) is 72.3 Å². The van der Waals surface area contributed by atoms with E-state index in [4.69, 9.17) is 4.74 Å². The molecular weight excluding hydrogens is 719 g/mol. The van der Waals surface area contributed by atoms with Gasteiger partial charge in [-0.15, -0.1) is 0 Å². The van der Waals surface area contributed by atoms with Crippen LogP contribution in [0, 0.1) is 0 Å². The van der Waals surface area contributed by atoms with Crippen molar-refractivity contribution >= 4 is 45.9 Å². The lowest BCUT2D eigenvalue weighted by Gasteiger charge is -2.36. The highest BCUT2D eigenvalue weighted by Gasteiger charge is 2.44. The van der Waals surface area contributed by atoms with Gasteiger partial charge in [0, 0.05) is 55.7 Å². The van der Waals surface area contributed by atoms with Gasteiger partial charge in [0.15, 0.2) is 6.61 Å². The van der Waals surface area contributed by atoms with Crippen molar-refractivity contribution in [1.82, 2.24) is 25.8 Å². The Morgan fingerprint density at radius 2 is 1.63 bits per heavy atom. The fourth-order valence-corrected chi connectivity index (χ4v) is 7.66. The third-order valence-corrected chi connectivity index (χ3v) is 10.8. The molecular formula is C45H55N7O5. The van der Waals surface area contributed by atoms with Crippen molar-refractivity contribution in [1.29, 1.82) is 0 Å². The molecule has 300 valence electrons. The molecule has 12 heteroatoms. The van der Waals surface area contributed by atoms with Gasteiger partial charge in [-0.1, -0.05) is 81.5 Å². The lowest BCUT2D eigenvalue weighted by Crippen LogP contribution is -2.53. The van der Waals surface area contributed by atoms with Gasteiger partial charge in [0.25, 0.3) is 23.6 Å². The molecule has 4 aromatic rings. The molecule has 2 aliphatic rings. The van der Waals surface area contributed by atoms with E-state index < -0.39 is 0 Å². The number of hydrogen-bond donors (Lipinski definition) is 5. The molecule has 2 atom stereocenters. The Labute approximate surface area is 335 Å². The number of allylic oxidation sites excluding steroid dienone is 1. The van der Waals surface area contributed by atoms with E-state index in [9.17, 15) is 19.2 Å². The highest BCUT2D eigenvalue weighted by molar-refractivity contribution is 6.23. The SMILES string of the molecule is C=C1CCC(N2C(=O)c3cccc(OCC(=O)NCCCCCCCCCCNc4ccc5ncc(C(=O)NC)c(NCc6ccccc6)c5c4)c3C2=O)C(C)N1. The van der Waals surface area contributed by atoms with Crippen molar-refractivity contribution < 1.29 is 23.9 Å². The molecule has 3 aromatic carbocycles. The average Bonchev–Trinajstić information content (AvgIpc) is 3.48. The molecule has 57 heavy (non-hydrogen) atoms. The summed E-state index contributed by atoms with van der Waals surface area (Å²) in [6.45, 7) is 7.71. The predicted molar refractivity (Wildman–Crippen MR) is 225 cm³/mol. The van der Waals surface area contributed by atoms with Crippen molar-refractivity contribution in [3.05, 3.63) is 107 Å². The maximum absolute atomic E-state index is 13.4. The Kier molecular flexibility index (Phi) is 14.1. The van der Waals surface area contributed by atoms with Gasteiger partial charge in [-0.2, -0.15) is 0 Å². The molecule has 12 nitrogen and oxygen atoms in total. The number of carbonyl (C=O) groups is 4. The molecule has 0 aliphatic carbocycles. The van der Waals surface area contributed by atoms with E-state index in [0.29, 0.717) is 37.1 Å². The minimum absolute atomic E-state index is 0.102. The summed E-state index contributed by atoms with van der Waals surface area (Å²) < 4.78 is 5.78. The van der Waals surface area contributed by atoms with E-state index in [2.05, 4.69) is 56.3 Å². The number of anilines is 2. The van der Waals surface area contributed by atoms with Crippen LogP contribution < -0.4 is 31.3 Å². The van der Waals surface area contributed by atoms with Gasteiger partial charge in [0.1, 0.15) is 5.75 Å². The fourth-order valence-electron chi connectivity index (χ4n) is 7.66. The number of piperidine rings is 1. The number of ether oxygens (including phenoxy) is 1. The van der Waals surface area contributed by atoms with E-state index in [0.717, 1.165) is 78.6 Å². The standard InChI is InChI=1S/C45H55N7O5/c1-30-20-23-38(31(2)51-30)52-44(55)34-18-15-19-39(41(34)45(52)56)57-29-40(53)48-25-14-9-7-5-4-6-8-13-24-47-33-21-22-37-35(26-33)42(36(28-49-37)43(54)46-3)50-27-32-16-11-10-12-17-32/h10-12,15-19,21-22,26,28,31,38,47,51H,1,4-9,13-14,20,23-25,27,29H2,2-3H3,(H,46,54)(H,48,53)(H,49,50). The highest BCUT2D eigenvalue weighted by atomic mass is 16.5. The molecule has 1 fully saturated rings. The number of nitrogens with zero attached hydrogens (tertiary/aromatic N) is 2. The van der Waals surface area contributed by atoms with Crippen LogP contribution in [0.4, 0.5) is 11.4 Å². The number of imide groups is 1. The van der Waals surface area contributed by atoms with Crippen LogP contribution in [0.5, 0.6) is 5.75 Å². The van der Waals surface area contributed by atoms with Gasteiger partial charge >= 0.3 is 0 Å². The average molecular weight is 774 g/mol. The Hall–Kier alpha value is -5.91. The summed E-state index contributed by atoms with van der Waals surface area (Å²) in [5.41, 5.74) is 5.68. The Bertz CT molecular complexity index is 2070. The highest BCUT2D eigenvalue weighted by Crippen LogP contribution is 2.35. The third kappa shape index (κ3) is 10.3. The monoisotopic (exact) mass is 773 g/mol. The van der Waals surface area contributed by atoms with Crippen molar-refractivity contribution in [2.75, 3.05) is 37.4 Å². The second kappa shape index (κ2) is 19.8. The first-order chi connectivity index (χ1) is 27.7. The van der Waals surface area contributed by atoms with Gasteiger partial charge in [0.2, 0.25) is 0 Å². The molecule has 0 bridgehead atoms. The first kappa shape index (κ1) is 40.7. The molecule has 6 rings (SSSR count). The number of rotatable bonds is 20. The first-order valence-electron chi connectivity index (χ1n) is 20.3. The summed E-state index contributed by atoms with van der Waals surface area (Å²) in [5.74, 6) is -0.890. The summed E-state index contributed by atoms with van der Waals surface area (Å²) in [6.07, 6.45) is 11.7. The molecule has 0 radical (unpaired) electrons. The largest absolute Gasteiger partial charge is 0.483 e. The van der Waals surface area contributed by atoms with Crippen molar-refractivity contribution in [2.45, 2.75) is 89.8 Å². The Morgan fingerprint density at radius 3 is 2.37 bits per heavy atom. The number of amides is 4. The zero-order valence-electron chi connectivity index (χ0n) is 33.1. The summed E-state index contributed by atoms with van der Waals surface area (Å²) in [5, 5.41) is 16.8. The van der Waals surface area contributed by atoms with E-state index >= 15 is 0 Å². The summed E-state index contributed by atoms with van der Waals surface area (Å²) in [4.78, 5) is 57.8. The molecule has 4 amide bonds. The Balaban J connectivity index is 0.843. The lowest BCUT2D eigenvalue weighted by atomic mass is 9.96. The van der Waals surface area contributed by atoms with Crippen LogP contribution in [0.25, 0.3) is 10.9 Å². The molecule has 2 unspecified atom stereocenters. The normalized spacial score (nSPS) is 16.2. The van der Waals surface area contributed by atoms with Gasteiger partial charge in [-0.25, -0.2) is 0 Å². The van der Waals surface area contributed by atoms with Crippen LogP contribution in [0.2, 0.25) is 0 Å². The molecule has 0 spiro atoms. The summed E-state index contributed by atoms with van der Waals surface area (Å²) in [6, 6.07) is 20.8. The number of hydrogen-bond acceptors (Lipinski definition) is 9. The number of nitrogens with one attached hydrogen (secondary N) is 5. The van der Waals surface area contributed by atoms with Crippen LogP contribution >= 0.6 is 0 Å². The second-order valence-electron chi connectivity index (χ2n) is 14.9. The number of pyridine rings is 1. The molecule has 5 N–H and O–H groups in total. The van der Waals surface area contributed by atoms with Crippen molar-refractivity contribution in [3.63, 3.8) is 0 Å². The second-order valence-corrected chi connectivity index (χ2v) is 14.9. The number of fused-ring (bicyclic) bond motifs is 2. The maximum Gasteiger partial charge on any atom is 0.265 e. The van der Waals surface area contributed by atoms with Gasteiger partial charge in [0.05, 0.1) is 33.9 Å². The molecule has 3 heterocycles. The van der Waals surface area contributed by atoms with Crippen LogP contribution in [0.3, 0.4) is 0 Å². The minimum atomic E-state index is -0.380. The number of unbranched alkanes of at least 4 members (excludes halogenated alkanes) is 7. The van der Waals surface area contributed by atoms with Crippen molar-refractivity contribution in [2.24, 2.45) is 0 Å². The zero-order valence-corrected chi connectivity index (χ0v) is 33.1. The van der Waals surface area contributed by atoms with Gasteiger partial charge in [-0.3, -0.25) is 29.1 Å². The Morgan fingerprint density at radius 1 is 0.895 bits per heavy atom. The predicted octanol–water partition coefficient (Wildman–Crippen LogP) is 7.18. The van der Waals surface area contributed by atoms with E-state index in [1.54, 1.807) is 31.4 Å². The number of benzene rings is 3. The first-order valence-corrected chi connectivity index (χ1v) is 20.3. The topological polar surface area (TPSA) is 154 Å². The van der Waals surface area contributed by atoms with Gasteiger partial charge in [-0.05, 0) is 68.5 Å². The summed E-state index contributed by atoms with van der Waals surface area (Å²) in [7, 11) is 1.63. The van der Waals surface area contributed by atoms with E-state index in [1.807, 2.05) is 37.3 Å². The zero-order chi connectivity index (χ0) is 40.1. The van der Waals surface area contributed by atoms with E-state index in [-0.39, 0.29) is 53.6 Å².